The van der Waals surface area contributed by atoms with Crippen LogP contribution in [0, 0.1) is 0 Å². The second-order valence-electron chi connectivity index (χ2n) is 25.5. The topological polar surface area (TPSA) is 237 Å². The van der Waals surface area contributed by atoms with Crippen LogP contribution in [0.4, 0.5) is 0 Å². The van der Waals surface area contributed by atoms with Gasteiger partial charge in [0.15, 0.2) is 12.2 Å². The maximum atomic E-state index is 13.1. The first kappa shape index (κ1) is 104. The van der Waals surface area contributed by atoms with E-state index >= 15 is 0 Å². The Morgan fingerprint density at radius 2 is 0.446 bits per heavy atom. The normalized spacial score (nSPS) is 15.2. The summed E-state index contributed by atoms with van der Waals surface area (Å²) in [6.07, 6.45) is 110. The molecule has 0 saturated carbocycles. The number of ether oxygens (including phenoxy) is 4. The lowest BCUT2D eigenvalue weighted by Crippen LogP contribution is -2.30. The maximum Gasteiger partial charge on any atom is 0.472 e. The number of hydrogen-bond acceptors (Lipinski definition) is 15. The summed E-state index contributed by atoms with van der Waals surface area (Å²) in [6.45, 7) is 4.04. The fraction of sp³-hybridized carbons (Fsp3) is 0.484. The average Bonchev–Trinajstić information content (AvgIpc) is 0.898. The van der Waals surface area contributed by atoms with E-state index in [4.69, 9.17) is 37.0 Å². The third-order valence-electron chi connectivity index (χ3n) is 15.2. The Hall–Kier alpha value is -7.66. The SMILES string of the molecule is CC/C=C\C/C=C\C/C=C\C/C=C\C/C=C\C/C=C\CCC(=O)OCC(COP(=O)(O)OCC(O)COP(=O)(O)OCC(COC(=O)CC/C=C\C/C=C\C/C=C\C/C=C\C/C=C\C/C=C\CC)OC(=O)CCCC/C=C\C/C=C\C/C=C\C/C=C\CC)OC(=O)CC/C=C\C/C=C\C/C=C\C/C=C\C/C=C\C/C=C\CC. The highest BCUT2D eigenvalue weighted by molar-refractivity contribution is 7.47. The fourth-order valence-corrected chi connectivity index (χ4v) is 10.8. The molecule has 0 bridgehead atoms. The Labute approximate surface area is 674 Å². The van der Waals surface area contributed by atoms with Gasteiger partial charge >= 0.3 is 39.5 Å². The zero-order chi connectivity index (χ0) is 81.7. The van der Waals surface area contributed by atoms with Crippen molar-refractivity contribution in [2.24, 2.45) is 0 Å². The number of esters is 4. The zero-order valence-electron chi connectivity index (χ0n) is 68.0. The van der Waals surface area contributed by atoms with Crippen LogP contribution >= 0.6 is 15.6 Å². The highest BCUT2D eigenvalue weighted by atomic mass is 31.2. The molecule has 17 nitrogen and oxygen atoms in total. The van der Waals surface area contributed by atoms with Gasteiger partial charge in [0.1, 0.15) is 19.3 Å². The van der Waals surface area contributed by atoms with Gasteiger partial charge in [0, 0.05) is 25.7 Å². The molecule has 0 aromatic heterocycles. The van der Waals surface area contributed by atoms with Crippen LogP contribution in [-0.4, -0.2) is 96.7 Å². The summed E-state index contributed by atoms with van der Waals surface area (Å²) in [4.78, 5) is 73.0. The first-order chi connectivity index (χ1) is 54.7. The molecule has 0 saturated heterocycles. The Bertz CT molecular complexity index is 3190. The van der Waals surface area contributed by atoms with E-state index in [0.717, 1.165) is 128 Å². The van der Waals surface area contributed by atoms with Crippen molar-refractivity contribution in [2.75, 3.05) is 39.6 Å². The minimum atomic E-state index is -5.04. The molecule has 0 radical (unpaired) electrons. The molecule has 5 atom stereocenters. The van der Waals surface area contributed by atoms with E-state index in [1.54, 1.807) is 0 Å². The van der Waals surface area contributed by atoms with Crippen LogP contribution in [-0.2, 0) is 65.4 Å². The number of phosphoric acid groups is 2. The number of allylic oxidation sites excluding steroid dienone is 44. The monoisotopic (exact) mass is 1590 g/mol. The third kappa shape index (κ3) is 80.4. The fourth-order valence-electron chi connectivity index (χ4n) is 9.23. The predicted octanol–water partition coefficient (Wildman–Crippen LogP) is 24.3. The molecule has 3 N–H and O–H groups in total. The summed E-state index contributed by atoms with van der Waals surface area (Å²) in [5.74, 6) is -2.56. The van der Waals surface area contributed by atoms with Gasteiger partial charge in [-0.1, -0.05) is 295 Å². The van der Waals surface area contributed by atoms with Crippen molar-refractivity contribution < 1.29 is 80.2 Å². The number of aliphatic hydroxyl groups is 1. The lowest BCUT2D eigenvalue weighted by molar-refractivity contribution is -0.161. The van der Waals surface area contributed by atoms with Gasteiger partial charge in [-0.15, -0.1) is 0 Å². The molecule has 19 heteroatoms. The van der Waals surface area contributed by atoms with Crippen LogP contribution in [0.25, 0.3) is 0 Å². The molecule has 0 fully saturated rings. The standard InChI is InChI=1S/C93H138O17P2/c1-5-9-13-17-21-25-29-33-37-40-43-46-50-53-57-61-65-69-73-77-90(95)103-83-88(109-92(97)79-75-71-67-63-59-55-49-36-32-28-24-20-16-12-8-4)85-107-111(99,100)105-81-87(94)82-106-112(101,102)108-86-89(110-93(98)80-76-72-68-64-60-56-52-48-45-42-39-35-31-27-23-19-15-11-7-3)84-104-91(96)78-74-70-66-62-58-54-51-47-44-41-38-34-30-26-22-18-14-10-6-2/h9-16,21-28,33-39,43-49,53-54,56-60,63,65-66,68-70,72,87-89,94H,5-8,17-20,29-32,40-42,50-52,55,61-62,64,67,71,73-86H2,1-4H3,(H,99,100)(H,101,102)/b13-9-,14-10-,15-11-,16-12-,25-21-,26-22-,27-23-,28-24-,37-33-,38-34-,39-35-,46-43-,47-44-,48-45-,49-36-,57-53-,58-54-,60-56-,63-59-,69-65-,70-66-,72-68-. The minimum absolute atomic E-state index is 0.00462. The van der Waals surface area contributed by atoms with Crippen LogP contribution in [0.1, 0.15) is 233 Å². The summed E-state index contributed by atoms with van der Waals surface area (Å²) >= 11 is 0. The van der Waals surface area contributed by atoms with E-state index < -0.39 is 97.5 Å². The van der Waals surface area contributed by atoms with E-state index in [0.29, 0.717) is 51.4 Å². The minimum Gasteiger partial charge on any atom is -0.462 e. The van der Waals surface area contributed by atoms with E-state index in [9.17, 15) is 43.2 Å². The van der Waals surface area contributed by atoms with Crippen molar-refractivity contribution in [3.05, 3.63) is 267 Å². The van der Waals surface area contributed by atoms with Crippen molar-refractivity contribution in [3.63, 3.8) is 0 Å². The lowest BCUT2D eigenvalue weighted by Gasteiger charge is -2.21. The quantitative estimate of drug-likeness (QED) is 0.0169. The molecule has 0 rings (SSSR count). The molecule has 0 spiro atoms. The highest BCUT2D eigenvalue weighted by Gasteiger charge is 2.30. The molecule has 0 aliphatic heterocycles. The summed E-state index contributed by atoms with van der Waals surface area (Å²) in [7, 11) is -10.1. The molecule has 0 aliphatic rings. The third-order valence-corrected chi connectivity index (χ3v) is 17.1. The Kier molecular flexibility index (Phi) is 75.8. The number of carbonyl (C=O) groups is 4. The second-order valence-corrected chi connectivity index (χ2v) is 28.4. The van der Waals surface area contributed by atoms with Crippen molar-refractivity contribution >= 4 is 39.5 Å². The van der Waals surface area contributed by atoms with Crippen LogP contribution in [0.3, 0.4) is 0 Å². The van der Waals surface area contributed by atoms with Crippen LogP contribution in [0.2, 0.25) is 0 Å². The van der Waals surface area contributed by atoms with Crippen molar-refractivity contribution in [1.82, 2.24) is 0 Å². The zero-order valence-corrected chi connectivity index (χ0v) is 69.7. The number of carbonyl (C=O) groups excluding carboxylic acids is 4. The molecular formula is C93H138O17P2. The van der Waals surface area contributed by atoms with Gasteiger partial charge in [-0.05, 0) is 180 Å². The average molecular weight is 1590 g/mol. The molecular weight excluding hydrogens is 1450 g/mol. The summed E-state index contributed by atoms with van der Waals surface area (Å²) in [5.41, 5.74) is 0. The van der Waals surface area contributed by atoms with Crippen LogP contribution in [0.15, 0.2) is 267 Å². The second kappa shape index (κ2) is 81.4. The number of phosphoric ester groups is 2. The molecule has 0 aliphatic carbocycles. The van der Waals surface area contributed by atoms with Gasteiger partial charge in [-0.3, -0.25) is 37.3 Å². The summed E-state index contributed by atoms with van der Waals surface area (Å²) in [5, 5.41) is 10.7. The molecule has 0 amide bonds. The maximum absolute atomic E-state index is 13.1. The molecule has 622 valence electrons. The van der Waals surface area contributed by atoms with Crippen molar-refractivity contribution in [2.45, 2.75) is 251 Å². The number of rotatable bonds is 72. The first-order valence-corrected chi connectivity index (χ1v) is 43.6. The van der Waals surface area contributed by atoms with Gasteiger partial charge < -0.3 is 33.8 Å². The van der Waals surface area contributed by atoms with Crippen molar-refractivity contribution in [1.29, 1.82) is 0 Å². The van der Waals surface area contributed by atoms with Gasteiger partial charge in [0.2, 0.25) is 0 Å². The molecule has 0 aromatic carbocycles. The Morgan fingerprint density at radius 3 is 0.688 bits per heavy atom. The number of hydrogen-bond donors (Lipinski definition) is 3. The molecule has 0 aromatic rings. The van der Waals surface area contributed by atoms with Gasteiger partial charge in [-0.25, -0.2) is 9.13 Å². The summed E-state index contributed by atoms with van der Waals surface area (Å²) < 4.78 is 68.4. The smallest absolute Gasteiger partial charge is 0.462 e. The van der Waals surface area contributed by atoms with Gasteiger partial charge in [0.05, 0.1) is 26.4 Å². The van der Waals surface area contributed by atoms with Crippen molar-refractivity contribution in [3.8, 4) is 0 Å². The highest BCUT2D eigenvalue weighted by Crippen LogP contribution is 2.45. The van der Waals surface area contributed by atoms with Gasteiger partial charge in [-0.2, -0.15) is 0 Å². The lowest BCUT2D eigenvalue weighted by atomic mass is 10.2. The number of unbranched alkanes of at least 4 members (excludes halogenated alkanes) is 2. The molecule has 112 heavy (non-hydrogen) atoms. The summed E-state index contributed by atoms with van der Waals surface area (Å²) in [6, 6.07) is 0. The predicted molar refractivity (Wildman–Crippen MR) is 463 cm³/mol. The van der Waals surface area contributed by atoms with Gasteiger partial charge in [0.25, 0.3) is 0 Å². The number of aliphatic hydroxyl groups excluding tert-OH is 1. The van der Waals surface area contributed by atoms with E-state index in [1.165, 1.54) is 0 Å². The van der Waals surface area contributed by atoms with E-state index in [2.05, 4.69) is 234 Å². The molecule has 0 heterocycles. The van der Waals surface area contributed by atoms with Crippen LogP contribution < -0.4 is 0 Å². The molecule has 5 unspecified atom stereocenters. The van der Waals surface area contributed by atoms with E-state index in [-0.39, 0.29) is 25.7 Å². The Balaban J connectivity index is 5.65. The van der Waals surface area contributed by atoms with E-state index in [1.807, 2.05) is 60.8 Å². The Morgan fingerprint density at radius 1 is 0.250 bits per heavy atom. The first-order valence-electron chi connectivity index (χ1n) is 40.6. The largest absolute Gasteiger partial charge is 0.472 e. The van der Waals surface area contributed by atoms with Crippen LogP contribution in [0.5, 0.6) is 0 Å².